The Kier molecular flexibility index (Phi) is 5.97. The van der Waals surface area contributed by atoms with E-state index in [0.717, 1.165) is 11.9 Å². The van der Waals surface area contributed by atoms with E-state index in [1.165, 1.54) is 23.1 Å². The molecule has 2 amide bonds. The summed E-state index contributed by atoms with van der Waals surface area (Å²) in [5.74, 6) is -0.964. The van der Waals surface area contributed by atoms with Crippen LogP contribution in [-0.2, 0) is 16.0 Å². The highest BCUT2D eigenvalue weighted by Gasteiger charge is 2.31. The number of likely N-dealkylation sites (tertiary alicyclic amines) is 1. The largest absolute Gasteiger partial charge is 0.481 e. The number of hydrogen-bond acceptors (Lipinski definition) is 3. The minimum Gasteiger partial charge on any atom is -0.481 e. The maximum absolute atomic E-state index is 13.6. The molecular weight excluding hydrogens is 385 g/mol. The molecule has 6 nitrogen and oxygen atoms in total. The number of benzene rings is 2. The average molecular weight is 409 g/mol. The lowest BCUT2D eigenvalue weighted by Crippen LogP contribution is -2.37. The standard InChI is InChI=1S/C23H24FN3O3/c24-19-6-2-4-8-21(19)30-15-22(28)27-12-10-17(14-27)23(29)25-11-9-16-13-26-20-7-3-1-5-18(16)20/h1-8,13,17,26H,9-12,14-15H2,(H,25,29)/t17-/m0/s1. The van der Waals surface area contributed by atoms with Crippen molar-refractivity contribution in [1.29, 1.82) is 0 Å². The number of para-hydroxylation sites is 2. The molecule has 1 atom stereocenters. The van der Waals surface area contributed by atoms with Crippen molar-refractivity contribution in [1.82, 2.24) is 15.2 Å². The van der Waals surface area contributed by atoms with Crippen molar-refractivity contribution in [3.05, 3.63) is 66.1 Å². The first-order valence-electron chi connectivity index (χ1n) is 10.1. The first kappa shape index (κ1) is 19.9. The van der Waals surface area contributed by atoms with Crippen LogP contribution in [0.4, 0.5) is 4.39 Å². The van der Waals surface area contributed by atoms with Crippen molar-refractivity contribution < 1.29 is 18.7 Å². The highest BCUT2D eigenvalue weighted by Crippen LogP contribution is 2.20. The van der Waals surface area contributed by atoms with Crippen LogP contribution in [0.1, 0.15) is 12.0 Å². The SMILES string of the molecule is O=C(NCCc1c[nH]c2ccccc12)[C@H]1CCN(C(=O)COc2ccccc2F)C1. The number of amides is 2. The number of H-pyrrole nitrogens is 1. The second-order valence-corrected chi connectivity index (χ2v) is 7.44. The van der Waals surface area contributed by atoms with E-state index in [1.807, 2.05) is 24.4 Å². The van der Waals surface area contributed by atoms with Crippen molar-refractivity contribution >= 4 is 22.7 Å². The number of aromatic amines is 1. The summed E-state index contributed by atoms with van der Waals surface area (Å²) in [6.45, 7) is 1.16. The zero-order valence-corrected chi connectivity index (χ0v) is 16.6. The molecule has 1 aliphatic rings. The van der Waals surface area contributed by atoms with Gasteiger partial charge in [0.15, 0.2) is 18.2 Å². The molecule has 0 unspecified atom stereocenters. The number of carbonyl (C=O) groups excluding carboxylic acids is 2. The Morgan fingerprint density at radius 3 is 2.83 bits per heavy atom. The fourth-order valence-electron chi connectivity index (χ4n) is 3.80. The Balaban J connectivity index is 1.22. The normalized spacial score (nSPS) is 16.0. The molecule has 0 spiro atoms. The minimum atomic E-state index is -0.501. The van der Waals surface area contributed by atoms with E-state index in [2.05, 4.69) is 16.4 Å². The third kappa shape index (κ3) is 4.45. The van der Waals surface area contributed by atoms with Crippen molar-refractivity contribution in [3.8, 4) is 5.75 Å². The molecule has 7 heteroatoms. The zero-order valence-electron chi connectivity index (χ0n) is 16.6. The number of ether oxygens (including phenoxy) is 1. The van der Waals surface area contributed by atoms with Crippen LogP contribution in [-0.4, -0.2) is 47.9 Å². The number of nitrogens with zero attached hydrogens (tertiary/aromatic N) is 1. The Bertz CT molecular complexity index is 1050. The van der Waals surface area contributed by atoms with E-state index in [-0.39, 0.29) is 30.1 Å². The topological polar surface area (TPSA) is 74.4 Å². The van der Waals surface area contributed by atoms with Gasteiger partial charge in [0.25, 0.3) is 5.91 Å². The molecule has 1 saturated heterocycles. The predicted octanol–water partition coefficient (Wildman–Crippen LogP) is 2.89. The maximum Gasteiger partial charge on any atom is 0.260 e. The molecule has 2 N–H and O–H groups in total. The molecule has 0 aliphatic carbocycles. The summed E-state index contributed by atoms with van der Waals surface area (Å²) in [6.07, 6.45) is 3.33. The zero-order chi connectivity index (χ0) is 20.9. The number of rotatable bonds is 7. The van der Waals surface area contributed by atoms with E-state index in [9.17, 15) is 14.0 Å². The Morgan fingerprint density at radius 1 is 1.17 bits per heavy atom. The maximum atomic E-state index is 13.6. The molecule has 2 aromatic carbocycles. The fraction of sp³-hybridized carbons (Fsp3) is 0.304. The van der Waals surface area contributed by atoms with Gasteiger partial charge in [0, 0.05) is 36.7 Å². The Morgan fingerprint density at radius 2 is 1.97 bits per heavy atom. The molecule has 3 aromatic rings. The third-order valence-electron chi connectivity index (χ3n) is 5.47. The summed E-state index contributed by atoms with van der Waals surface area (Å²) in [5.41, 5.74) is 2.25. The van der Waals surface area contributed by atoms with Gasteiger partial charge in [0.2, 0.25) is 5.91 Å². The monoisotopic (exact) mass is 409 g/mol. The predicted molar refractivity (Wildman–Crippen MR) is 112 cm³/mol. The highest BCUT2D eigenvalue weighted by atomic mass is 19.1. The quantitative estimate of drug-likeness (QED) is 0.630. The number of hydrogen-bond donors (Lipinski definition) is 2. The van der Waals surface area contributed by atoms with Crippen molar-refractivity contribution in [3.63, 3.8) is 0 Å². The molecule has 2 heterocycles. The van der Waals surface area contributed by atoms with E-state index in [0.29, 0.717) is 26.1 Å². The van der Waals surface area contributed by atoms with Crippen LogP contribution < -0.4 is 10.1 Å². The van der Waals surface area contributed by atoms with Crippen molar-refractivity contribution in [2.45, 2.75) is 12.8 Å². The van der Waals surface area contributed by atoms with Crippen LogP contribution in [0.3, 0.4) is 0 Å². The second-order valence-electron chi connectivity index (χ2n) is 7.44. The second kappa shape index (κ2) is 8.98. The van der Waals surface area contributed by atoms with Gasteiger partial charge in [-0.05, 0) is 36.6 Å². The molecule has 1 aliphatic heterocycles. The Hall–Kier alpha value is -3.35. The van der Waals surface area contributed by atoms with Gasteiger partial charge in [-0.3, -0.25) is 9.59 Å². The molecular formula is C23H24FN3O3. The van der Waals surface area contributed by atoms with Gasteiger partial charge in [-0.25, -0.2) is 4.39 Å². The first-order valence-corrected chi connectivity index (χ1v) is 10.1. The van der Waals surface area contributed by atoms with E-state index < -0.39 is 5.82 Å². The number of fused-ring (bicyclic) bond motifs is 1. The molecule has 1 fully saturated rings. The van der Waals surface area contributed by atoms with Crippen molar-refractivity contribution in [2.75, 3.05) is 26.2 Å². The number of nitrogens with one attached hydrogen (secondary N) is 2. The molecule has 4 rings (SSSR count). The van der Waals surface area contributed by atoms with Gasteiger partial charge in [0.1, 0.15) is 0 Å². The molecule has 0 bridgehead atoms. The van der Waals surface area contributed by atoms with Crippen molar-refractivity contribution in [2.24, 2.45) is 5.92 Å². The van der Waals surface area contributed by atoms with Crippen LogP contribution in [0.25, 0.3) is 10.9 Å². The fourth-order valence-corrected chi connectivity index (χ4v) is 3.80. The van der Waals surface area contributed by atoms with Gasteiger partial charge in [-0.2, -0.15) is 0 Å². The van der Waals surface area contributed by atoms with Gasteiger partial charge in [-0.1, -0.05) is 30.3 Å². The van der Waals surface area contributed by atoms with E-state index >= 15 is 0 Å². The number of carbonyl (C=O) groups is 2. The first-order chi connectivity index (χ1) is 14.6. The van der Waals surface area contributed by atoms with E-state index in [4.69, 9.17) is 4.74 Å². The van der Waals surface area contributed by atoms with Gasteiger partial charge >= 0.3 is 0 Å². The summed E-state index contributed by atoms with van der Waals surface area (Å²) < 4.78 is 18.9. The Labute approximate surface area is 174 Å². The van der Waals surface area contributed by atoms with Gasteiger partial charge in [0.05, 0.1) is 5.92 Å². The van der Waals surface area contributed by atoms with Crippen LogP contribution in [0, 0.1) is 11.7 Å². The molecule has 0 saturated carbocycles. The van der Waals surface area contributed by atoms with Crippen LogP contribution >= 0.6 is 0 Å². The van der Waals surface area contributed by atoms with Gasteiger partial charge < -0.3 is 19.9 Å². The number of halogens is 1. The lowest BCUT2D eigenvalue weighted by atomic mass is 10.1. The summed E-state index contributed by atoms with van der Waals surface area (Å²) >= 11 is 0. The number of aromatic nitrogens is 1. The lowest BCUT2D eigenvalue weighted by molar-refractivity contribution is -0.132. The summed E-state index contributed by atoms with van der Waals surface area (Å²) in [6, 6.07) is 14.0. The molecule has 1 aromatic heterocycles. The highest BCUT2D eigenvalue weighted by molar-refractivity contribution is 5.84. The summed E-state index contributed by atoms with van der Waals surface area (Å²) in [7, 11) is 0. The lowest BCUT2D eigenvalue weighted by Gasteiger charge is -2.17. The third-order valence-corrected chi connectivity index (χ3v) is 5.47. The molecule has 0 radical (unpaired) electrons. The van der Waals surface area contributed by atoms with Crippen LogP contribution in [0.2, 0.25) is 0 Å². The minimum absolute atomic E-state index is 0.0415. The average Bonchev–Trinajstić information content (AvgIpc) is 3.41. The van der Waals surface area contributed by atoms with Crippen LogP contribution in [0.5, 0.6) is 5.75 Å². The van der Waals surface area contributed by atoms with Crippen LogP contribution in [0.15, 0.2) is 54.7 Å². The summed E-state index contributed by atoms with van der Waals surface area (Å²) in [4.78, 5) is 29.7. The summed E-state index contributed by atoms with van der Waals surface area (Å²) in [5, 5.41) is 4.15. The molecule has 156 valence electrons. The smallest absolute Gasteiger partial charge is 0.260 e. The van der Waals surface area contributed by atoms with Gasteiger partial charge in [-0.15, -0.1) is 0 Å². The van der Waals surface area contributed by atoms with E-state index in [1.54, 1.807) is 17.0 Å². The molecule has 30 heavy (non-hydrogen) atoms.